The van der Waals surface area contributed by atoms with Gasteiger partial charge >= 0.3 is 0 Å². The van der Waals surface area contributed by atoms with Gasteiger partial charge in [-0.1, -0.05) is 45.0 Å². The summed E-state index contributed by atoms with van der Waals surface area (Å²) in [7, 11) is 0. The Morgan fingerprint density at radius 3 is 2.33 bits per heavy atom. The van der Waals surface area contributed by atoms with Crippen LogP contribution in [0.1, 0.15) is 50.8 Å². The quantitative estimate of drug-likeness (QED) is 0.879. The van der Waals surface area contributed by atoms with Crippen LogP contribution >= 0.6 is 0 Å². The molecule has 0 saturated carbocycles. The van der Waals surface area contributed by atoms with E-state index in [1.807, 2.05) is 0 Å². The highest BCUT2D eigenvalue weighted by Gasteiger charge is 2.18. The summed E-state index contributed by atoms with van der Waals surface area (Å²) >= 11 is 0. The van der Waals surface area contributed by atoms with Crippen molar-refractivity contribution in [3.05, 3.63) is 41.6 Å². The van der Waals surface area contributed by atoms with Crippen LogP contribution in [0, 0.1) is 0 Å². The number of rotatable bonds is 2. The molecule has 1 aromatic heterocycles. The predicted molar refractivity (Wildman–Crippen MR) is 87.6 cm³/mol. The van der Waals surface area contributed by atoms with E-state index in [4.69, 9.17) is 0 Å². The summed E-state index contributed by atoms with van der Waals surface area (Å²) in [5, 5.41) is 11.2. The number of hydrogen-bond donors (Lipinski definition) is 2. The summed E-state index contributed by atoms with van der Waals surface area (Å²) in [6.45, 7) is 8.95. The number of H-pyrrole nitrogens is 1. The average Bonchev–Trinajstić information content (AvgIpc) is 2.97. The fraction of sp³-hybridized carbons (Fsp3) is 0.500. The van der Waals surface area contributed by atoms with Crippen LogP contribution in [0.15, 0.2) is 30.3 Å². The number of hydrogen-bond acceptors (Lipinski definition) is 2. The number of benzene rings is 1. The van der Waals surface area contributed by atoms with Crippen molar-refractivity contribution in [1.82, 2.24) is 15.5 Å². The third kappa shape index (κ3) is 3.18. The zero-order valence-electron chi connectivity index (χ0n) is 13.2. The lowest BCUT2D eigenvalue weighted by atomic mass is 9.86. The number of aromatic amines is 1. The monoisotopic (exact) mass is 283 g/mol. The first kappa shape index (κ1) is 14.3. The van der Waals surface area contributed by atoms with Crippen molar-refractivity contribution in [2.75, 3.05) is 13.1 Å². The molecular weight excluding hydrogens is 258 g/mol. The van der Waals surface area contributed by atoms with Crippen LogP contribution in [0.2, 0.25) is 0 Å². The van der Waals surface area contributed by atoms with E-state index in [0.717, 1.165) is 18.8 Å². The van der Waals surface area contributed by atoms with Crippen molar-refractivity contribution in [3.8, 4) is 11.3 Å². The molecule has 0 atom stereocenters. The first-order valence-electron chi connectivity index (χ1n) is 7.91. The Hall–Kier alpha value is -1.61. The summed E-state index contributed by atoms with van der Waals surface area (Å²) in [6.07, 6.45) is 2.40. The summed E-state index contributed by atoms with van der Waals surface area (Å²) in [5.41, 5.74) is 5.10. The Morgan fingerprint density at radius 1 is 1.05 bits per heavy atom. The SMILES string of the molecule is CC(C)(C)c1ccc(-c2cc(C3CCNCC3)[nH]n2)cc1. The van der Waals surface area contributed by atoms with E-state index >= 15 is 0 Å². The minimum atomic E-state index is 0.199. The largest absolute Gasteiger partial charge is 0.317 e. The third-order valence-corrected chi connectivity index (χ3v) is 4.42. The molecular formula is C18H25N3. The second-order valence-electron chi connectivity index (χ2n) is 7.06. The molecule has 3 nitrogen and oxygen atoms in total. The van der Waals surface area contributed by atoms with Crippen molar-refractivity contribution in [2.24, 2.45) is 0 Å². The van der Waals surface area contributed by atoms with Crippen molar-refractivity contribution >= 4 is 0 Å². The van der Waals surface area contributed by atoms with Gasteiger partial charge in [-0.2, -0.15) is 5.10 Å². The molecule has 112 valence electrons. The van der Waals surface area contributed by atoms with E-state index in [-0.39, 0.29) is 5.41 Å². The topological polar surface area (TPSA) is 40.7 Å². The molecule has 0 radical (unpaired) electrons. The van der Waals surface area contributed by atoms with Gasteiger partial charge in [-0.05, 0) is 43.0 Å². The molecule has 1 aliphatic rings. The molecule has 0 aliphatic carbocycles. The number of nitrogens with one attached hydrogen (secondary N) is 2. The summed E-state index contributed by atoms with van der Waals surface area (Å²) in [6, 6.07) is 11.0. The molecule has 21 heavy (non-hydrogen) atoms. The van der Waals surface area contributed by atoms with Gasteiger partial charge in [0.1, 0.15) is 0 Å². The maximum absolute atomic E-state index is 4.51. The van der Waals surface area contributed by atoms with E-state index in [2.05, 4.69) is 66.6 Å². The van der Waals surface area contributed by atoms with Crippen LogP contribution in [-0.4, -0.2) is 23.3 Å². The number of nitrogens with zero attached hydrogens (tertiary/aromatic N) is 1. The van der Waals surface area contributed by atoms with Gasteiger partial charge in [0, 0.05) is 17.2 Å². The molecule has 0 spiro atoms. The van der Waals surface area contributed by atoms with E-state index in [1.54, 1.807) is 0 Å². The van der Waals surface area contributed by atoms with Crippen LogP contribution < -0.4 is 5.32 Å². The summed E-state index contributed by atoms with van der Waals surface area (Å²) in [5.74, 6) is 0.626. The number of aromatic nitrogens is 2. The van der Waals surface area contributed by atoms with E-state index in [1.165, 1.54) is 29.7 Å². The summed E-state index contributed by atoms with van der Waals surface area (Å²) < 4.78 is 0. The lowest BCUT2D eigenvalue weighted by Gasteiger charge is -2.20. The second-order valence-corrected chi connectivity index (χ2v) is 7.06. The minimum absolute atomic E-state index is 0.199. The Kier molecular flexibility index (Phi) is 3.85. The van der Waals surface area contributed by atoms with Crippen LogP contribution in [-0.2, 0) is 5.41 Å². The molecule has 1 saturated heterocycles. The van der Waals surface area contributed by atoms with Crippen molar-refractivity contribution in [1.29, 1.82) is 0 Å². The van der Waals surface area contributed by atoms with Crippen LogP contribution in [0.3, 0.4) is 0 Å². The lowest BCUT2D eigenvalue weighted by Crippen LogP contribution is -2.26. The Labute approximate surface area is 127 Å². The zero-order valence-corrected chi connectivity index (χ0v) is 13.2. The molecule has 1 aromatic carbocycles. The van der Waals surface area contributed by atoms with Gasteiger partial charge < -0.3 is 5.32 Å². The fourth-order valence-electron chi connectivity index (χ4n) is 2.97. The molecule has 1 aliphatic heterocycles. The average molecular weight is 283 g/mol. The molecule has 1 fully saturated rings. The maximum Gasteiger partial charge on any atom is 0.0923 e. The van der Waals surface area contributed by atoms with Crippen LogP contribution in [0.25, 0.3) is 11.3 Å². The molecule has 2 N–H and O–H groups in total. The zero-order chi connectivity index (χ0) is 14.9. The molecule has 3 heteroatoms. The minimum Gasteiger partial charge on any atom is -0.317 e. The first-order valence-corrected chi connectivity index (χ1v) is 7.91. The highest BCUT2D eigenvalue weighted by molar-refractivity contribution is 5.60. The van der Waals surface area contributed by atoms with Gasteiger partial charge in [-0.15, -0.1) is 0 Å². The van der Waals surface area contributed by atoms with Gasteiger partial charge in [0.15, 0.2) is 0 Å². The Bertz CT molecular complexity index is 584. The standard InChI is InChI=1S/C18H25N3/c1-18(2,3)15-6-4-13(5-7-15)16-12-17(21-20-16)14-8-10-19-11-9-14/h4-7,12,14,19H,8-11H2,1-3H3,(H,20,21). The Morgan fingerprint density at radius 2 is 1.71 bits per heavy atom. The molecule has 0 unspecified atom stereocenters. The highest BCUT2D eigenvalue weighted by Crippen LogP contribution is 2.29. The smallest absolute Gasteiger partial charge is 0.0923 e. The second kappa shape index (κ2) is 5.64. The maximum atomic E-state index is 4.51. The van der Waals surface area contributed by atoms with Gasteiger partial charge in [-0.25, -0.2) is 0 Å². The van der Waals surface area contributed by atoms with Crippen molar-refractivity contribution in [2.45, 2.75) is 44.9 Å². The van der Waals surface area contributed by atoms with E-state index in [0.29, 0.717) is 5.92 Å². The normalized spacial score (nSPS) is 17.1. The first-order chi connectivity index (χ1) is 10.0. The van der Waals surface area contributed by atoms with Gasteiger partial charge in [-0.3, -0.25) is 5.10 Å². The predicted octanol–water partition coefficient (Wildman–Crippen LogP) is 3.84. The van der Waals surface area contributed by atoms with Crippen molar-refractivity contribution < 1.29 is 0 Å². The number of piperidine rings is 1. The lowest BCUT2D eigenvalue weighted by molar-refractivity contribution is 0.453. The summed E-state index contributed by atoms with van der Waals surface area (Å²) in [4.78, 5) is 0. The van der Waals surface area contributed by atoms with Crippen LogP contribution in [0.5, 0.6) is 0 Å². The molecule has 3 rings (SSSR count). The third-order valence-electron chi connectivity index (χ3n) is 4.42. The Balaban J connectivity index is 1.79. The van der Waals surface area contributed by atoms with E-state index in [9.17, 15) is 0 Å². The molecule has 0 amide bonds. The molecule has 2 heterocycles. The fourth-order valence-corrected chi connectivity index (χ4v) is 2.97. The van der Waals surface area contributed by atoms with Gasteiger partial charge in [0.2, 0.25) is 0 Å². The van der Waals surface area contributed by atoms with Crippen LogP contribution in [0.4, 0.5) is 0 Å². The van der Waals surface area contributed by atoms with Gasteiger partial charge in [0.25, 0.3) is 0 Å². The molecule has 2 aromatic rings. The highest BCUT2D eigenvalue weighted by atomic mass is 15.1. The van der Waals surface area contributed by atoms with Gasteiger partial charge in [0.05, 0.1) is 5.69 Å². The van der Waals surface area contributed by atoms with Crippen molar-refractivity contribution in [3.63, 3.8) is 0 Å². The molecule has 0 bridgehead atoms. The van der Waals surface area contributed by atoms with E-state index < -0.39 is 0 Å².